The van der Waals surface area contributed by atoms with Gasteiger partial charge in [-0.05, 0) is 0 Å². The van der Waals surface area contributed by atoms with Crippen LogP contribution in [0.25, 0.3) is 0 Å². The summed E-state index contributed by atoms with van der Waals surface area (Å²) in [6, 6.07) is 0. The monoisotopic (exact) mass is 410 g/mol. The zero-order valence-electron chi connectivity index (χ0n) is 17.1. The van der Waals surface area contributed by atoms with E-state index in [0.717, 1.165) is 0 Å². The van der Waals surface area contributed by atoms with Gasteiger partial charge in [-0.1, -0.05) is 40.5 Å². The molecule has 0 atom stereocenters. The fraction of sp³-hybridized carbons (Fsp3) is 1.00. The first-order valence-corrected chi connectivity index (χ1v) is 14.3. The predicted molar refractivity (Wildman–Crippen MR) is 104 cm³/mol. The molecule has 0 N–H and O–H groups in total. The summed E-state index contributed by atoms with van der Waals surface area (Å²) in [5.74, 6) is 0. The first kappa shape index (κ1) is 26.6. The van der Waals surface area contributed by atoms with Gasteiger partial charge in [-0.3, -0.25) is 0 Å². The average Bonchev–Trinajstić information content (AvgIpc) is 2.29. The molecule has 1 radical (unpaired) electrons. The van der Waals surface area contributed by atoms with Gasteiger partial charge in [0.15, 0.2) is 0 Å². The molecule has 0 aromatic rings. The van der Waals surface area contributed by atoms with Crippen molar-refractivity contribution in [2.24, 2.45) is 5.41 Å². The van der Waals surface area contributed by atoms with Crippen molar-refractivity contribution < 1.29 is 0 Å². The molecule has 0 aliphatic carbocycles. The summed E-state index contributed by atoms with van der Waals surface area (Å²) in [7, 11) is 4.35. The molecule has 0 amide bonds. The van der Waals surface area contributed by atoms with Crippen LogP contribution in [0.15, 0.2) is 0 Å². The van der Waals surface area contributed by atoms with Crippen LogP contribution in [0.2, 0.25) is 9.24 Å². The summed E-state index contributed by atoms with van der Waals surface area (Å²) in [6.07, 6.45) is 2.50. The fourth-order valence-corrected chi connectivity index (χ4v) is 9.48. The Kier molecular flexibility index (Phi) is 21.7. The molecule has 21 heavy (non-hydrogen) atoms. The van der Waals surface area contributed by atoms with Crippen molar-refractivity contribution in [1.82, 2.24) is 7.96 Å². The van der Waals surface area contributed by atoms with Crippen molar-refractivity contribution >= 4 is 20.5 Å². The SMILES string of the molecule is CCC.CCC.CC[N](CC)[Sb+]([CH3])[CH2]C(C)(C)CN(C)C. The third-order valence-electron chi connectivity index (χ3n) is 2.61. The Balaban J connectivity index is -0.000000460. The Morgan fingerprint density at radius 1 is 0.810 bits per heavy atom. The predicted octanol–water partition coefficient (Wildman–Crippen LogP) is 5.37. The normalized spacial score (nSPS) is 11.1. The molecule has 0 heterocycles. The molecule has 0 spiro atoms. The van der Waals surface area contributed by atoms with Gasteiger partial charge in [0.05, 0.1) is 0 Å². The summed E-state index contributed by atoms with van der Waals surface area (Å²) in [5, 5.41) is 0. The van der Waals surface area contributed by atoms with Gasteiger partial charge < -0.3 is 0 Å². The molecule has 0 aromatic heterocycles. The van der Waals surface area contributed by atoms with Gasteiger partial charge in [-0.2, -0.15) is 0 Å². The molecule has 2 nitrogen and oxygen atoms in total. The third kappa shape index (κ3) is 20.7. The molecule has 0 aliphatic rings. The topological polar surface area (TPSA) is 6.48 Å². The minimum atomic E-state index is -1.14. The van der Waals surface area contributed by atoms with E-state index in [1.165, 1.54) is 36.8 Å². The van der Waals surface area contributed by atoms with E-state index >= 15 is 0 Å². The summed E-state index contributed by atoms with van der Waals surface area (Å²) >= 11 is -1.14. The Bertz CT molecular complexity index is 188. The van der Waals surface area contributed by atoms with E-state index in [4.69, 9.17) is 0 Å². The van der Waals surface area contributed by atoms with Gasteiger partial charge in [0, 0.05) is 0 Å². The molecule has 0 saturated carbocycles. The third-order valence-corrected chi connectivity index (χ3v) is 10.7. The quantitative estimate of drug-likeness (QED) is 0.520. The van der Waals surface area contributed by atoms with E-state index in [1.807, 2.05) is 0 Å². The zero-order valence-corrected chi connectivity index (χ0v) is 19.6. The Morgan fingerprint density at radius 2 is 1.14 bits per heavy atom. The van der Waals surface area contributed by atoms with Crippen LogP contribution < -0.4 is 0 Å². The van der Waals surface area contributed by atoms with Crippen molar-refractivity contribution in [3.8, 4) is 0 Å². The van der Waals surface area contributed by atoms with Crippen LogP contribution in [0.1, 0.15) is 68.2 Å². The van der Waals surface area contributed by atoms with Gasteiger partial charge in [0.25, 0.3) is 0 Å². The Morgan fingerprint density at radius 3 is 1.38 bits per heavy atom. The van der Waals surface area contributed by atoms with Crippen molar-refractivity contribution in [1.29, 1.82) is 0 Å². The first-order valence-electron chi connectivity index (χ1n) is 8.76. The number of hydrogen-bond donors (Lipinski definition) is 0. The molecule has 0 aliphatic heterocycles. The molecular formula is C18H45N2Sb+. The van der Waals surface area contributed by atoms with Crippen LogP contribution in [0.5, 0.6) is 0 Å². The van der Waals surface area contributed by atoms with E-state index in [1.54, 1.807) is 0 Å². The number of rotatable bonds is 7. The molecule has 0 aromatic carbocycles. The van der Waals surface area contributed by atoms with E-state index in [9.17, 15) is 0 Å². The van der Waals surface area contributed by atoms with Crippen LogP contribution in [0, 0.1) is 5.41 Å². The fourth-order valence-electron chi connectivity index (χ4n) is 2.33. The summed E-state index contributed by atoms with van der Waals surface area (Å²) in [6.45, 7) is 21.6. The van der Waals surface area contributed by atoms with Crippen LogP contribution in [0.4, 0.5) is 0 Å². The average molecular weight is 411 g/mol. The zero-order chi connectivity index (χ0) is 17.5. The second-order valence-corrected chi connectivity index (χ2v) is 13.0. The molecular weight excluding hydrogens is 366 g/mol. The van der Waals surface area contributed by atoms with Crippen LogP contribution in [-0.2, 0) is 0 Å². The summed E-state index contributed by atoms with van der Waals surface area (Å²) in [5.41, 5.74) is 0.490. The van der Waals surface area contributed by atoms with Crippen molar-refractivity contribution in [3.63, 3.8) is 0 Å². The van der Waals surface area contributed by atoms with Crippen LogP contribution in [-0.4, -0.2) is 62.2 Å². The van der Waals surface area contributed by atoms with Gasteiger partial charge in [-0.15, -0.1) is 0 Å². The summed E-state index contributed by atoms with van der Waals surface area (Å²) < 4.78 is 4.18. The van der Waals surface area contributed by atoms with Crippen LogP contribution >= 0.6 is 0 Å². The maximum absolute atomic E-state index is 2.72. The first-order chi connectivity index (χ1) is 9.65. The van der Waals surface area contributed by atoms with Crippen molar-refractivity contribution in [2.45, 2.75) is 77.5 Å². The van der Waals surface area contributed by atoms with Gasteiger partial charge in [0.2, 0.25) is 0 Å². The van der Waals surface area contributed by atoms with Gasteiger partial charge in [-0.25, -0.2) is 0 Å². The van der Waals surface area contributed by atoms with Gasteiger partial charge >= 0.3 is 105 Å². The van der Waals surface area contributed by atoms with Gasteiger partial charge in [0.1, 0.15) is 0 Å². The number of nitrogens with zero attached hydrogens (tertiary/aromatic N) is 2. The Labute approximate surface area is 145 Å². The van der Waals surface area contributed by atoms with Crippen molar-refractivity contribution in [2.75, 3.05) is 33.7 Å². The Hall–Kier alpha value is 0.738. The molecule has 0 unspecified atom stereocenters. The minimum absolute atomic E-state index is 0.490. The molecule has 131 valence electrons. The molecule has 0 fully saturated rings. The van der Waals surface area contributed by atoms with E-state index in [0.29, 0.717) is 5.41 Å². The van der Waals surface area contributed by atoms with Crippen LogP contribution in [0.3, 0.4) is 0 Å². The summed E-state index contributed by atoms with van der Waals surface area (Å²) in [4.78, 5) is 4.85. The molecule has 0 bridgehead atoms. The molecule has 0 saturated heterocycles. The maximum atomic E-state index is 2.72. The molecule has 0 rings (SSSR count). The number of hydrogen-bond acceptors (Lipinski definition) is 2. The standard InChI is InChI=1S/C7H16N.C4H10N.2C3H8.CH3.Sb/c1-7(2,3)6-8(4)5;1-3-5-4-2;2*1-3-2;;/h1,6H2,2-5H3;3-4H2,1-2H3;2*3H2,1-2H3;1H3;/q;-1;;;;+2. The van der Waals surface area contributed by atoms with E-state index < -0.39 is 20.5 Å². The van der Waals surface area contributed by atoms with Crippen molar-refractivity contribution in [3.05, 3.63) is 0 Å². The molecule has 3 heteroatoms. The van der Waals surface area contributed by atoms with E-state index in [2.05, 4.69) is 82.3 Å². The second-order valence-electron chi connectivity index (χ2n) is 6.77. The second kappa shape index (κ2) is 17.1. The van der Waals surface area contributed by atoms with E-state index in [-0.39, 0.29) is 0 Å².